The van der Waals surface area contributed by atoms with E-state index < -0.39 is 0 Å². The average molecular weight is 232 g/mol. The van der Waals surface area contributed by atoms with Crippen LogP contribution in [0.5, 0.6) is 0 Å². The fourth-order valence-electron chi connectivity index (χ4n) is 4.17. The zero-order valence-corrected chi connectivity index (χ0v) is 10.5. The third-order valence-corrected chi connectivity index (χ3v) is 5.36. The minimum atomic E-state index is -0.185. The van der Waals surface area contributed by atoms with Crippen LogP contribution in [0.3, 0.4) is 0 Å². The lowest BCUT2D eigenvalue weighted by Gasteiger charge is -2.44. The van der Waals surface area contributed by atoms with E-state index in [0.717, 1.165) is 12.8 Å². The Morgan fingerprint density at radius 3 is 2.82 bits per heavy atom. The first-order valence-electron chi connectivity index (χ1n) is 6.62. The molecule has 4 atom stereocenters. The molecule has 0 N–H and O–H groups in total. The molecule has 2 aliphatic carbocycles. The summed E-state index contributed by atoms with van der Waals surface area (Å²) >= 11 is 0. The Morgan fingerprint density at radius 2 is 2.18 bits per heavy atom. The van der Waals surface area contributed by atoms with Gasteiger partial charge in [-0.2, -0.15) is 0 Å². The first-order chi connectivity index (χ1) is 8.04. The van der Waals surface area contributed by atoms with Gasteiger partial charge in [-0.05, 0) is 30.6 Å². The van der Waals surface area contributed by atoms with Crippen molar-refractivity contribution in [1.82, 2.24) is 0 Å². The quantitative estimate of drug-likeness (QED) is 0.364. The fraction of sp³-hybridized carbons (Fsp3) is 0.667. The first kappa shape index (κ1) is 11.1. The van der Waals surface area contributed by atoms with Crippen molar-refractivity contribution < 1.29 is 9.53 Å². The normalized spacial score (nSPS) is 45.2. The van der Waals surface area contributed by atoms with Gasteiger partial charge in [-0.15, -0.1) is 0 Å². The lowest BCUT2D eigenvalue weighted by atomic mass is 9.60. The van der Waals surface area contributed by atoms with Crippen LogP contribution < -0.4 is 0 Å². The number of esters is 1. The molecule has 2 heteroatoms. The van der Waals surface area contributed by atoms with Gasteiger partial charge in [-0.25, -0.2) is 4.79 Å². The summed E-state index contributed by atoms with van der Waals surface area (Å²) in [4.78, 5) is 11.6. The summed E-state index contributed by atoms with van der Waals surface area (Å²) in [6, 6.07) is 0. The van der Waals surface area contributed by atoms with Crippen LogP contribution >= 0.6 is 0 Å². The van der Waals surface area contributed by atoms with E-state index in [1.165, 1.54) is 24.8 Å². The summed E-state index contributed by atoms with van der Waals surface area (Å²) in [7, 11) is 0. The Bertz CT molecular complexity index is 409. The molecule has 1 spiro atoms. The van der Waals surface area contributed by atoms with Gasteiger partial charge in [0.25, 0.3) is 0 Å². The summed E-state index contributed by atoms with van der Waals surface area (Å²) in [5.74, 6) is 0.753. The van der Waals surface area contributed by atoms with Crippen LogP contribution in [0, 0.1) is 17.3 Å². The van der Waals surface area contributed by atoms with Crippen LogP contribution in [0.15, 0.2) is 24.3 Å². The van der Waals surface area contributed by atoms with Crippen molar-refractivity contribution in [3.8, 4) is 0 Å². The third-order valence-electron chi connectivity index (χ3n) is 5.36. The number of hydrogen-bond acceptors (Lipinski definition) is 2. The summed E-state index contributed by atoms with van der Waals surface area (Å²) in [6.07, 6.45) is 5.72. The molecule has 0 bridgehead atoms. The molecule has 0 aromatic heterocycles. The minimum absolute atomic E-state index is 0.0286. The second-order valence-electron chi connectivity index (χ2n) is 6.04. The molecule has 1 saturated heterocycles. The lowest BCUT2D eigenvalue weighted by Crippen LogP contribution is -2.38. The predicted molar refractivity (Wildman–Crippen MR) is 66.3 cm³/mol. The van der Waals surface area contributed by atoms with Gasteiger partial charge in [-0.3, -0.25) is 0 Å². The molecule has 0 unspecified atom stereocenters. The maximum absolute atomic E-state index is 11.6. The van der Waals surface area contributed by atoms with Crippen molar-refractivity contribution in [2.75, 3.05) is 0 Å². The SMILES string of the molecule is C=C1C(=O)O[C@@H]2CC(=C)[C@@]3(CCC[C@@H]3C)C[C@H]12. The Morgan fingerprint density at radius 1 is 1.41 bits per heavy atom. The maximum atomic E-state index is 11.6. The Kier molecular flexibility index (Phi) is 2.26. The van der Waals surface area contributed by atoms with Crippen molar-refractivity contribution in [1.29, 1.82) is 0 Å². The van der Waals surface area contributed by atoms with Crippen molar-refractivity contribution in [2.24, 2.45) is 17.3 Å². The smallest absolute Gasteiger partial charge is 0.334 e. The van der Waals surface area contributed by atoms with E-state index in [1.54, 1.807) is 0 Å². The molecule has 2 nitrogen and oxygen atoms in total. The Labute approximate surface area is 103 Å². The molecule has 3 fully saturated rings. The molecule has 1 aliphatic heterocycles. The highest BCUT2D eigenvalue weighted by Gasteiger charge is 2.53. The van der Waals surface area contributed by atoms with Crippen LogP contribution in [-0.2, 0) is 9.53 Å². The van der Waals surface area contributed by atoms with Gasteiger partial charge in [-0.1, -0.05) is 32.1 Å². The molecule has 3 aliphatic rings. The summed E-state index contributed by atoms with van der Waals surface area (Å²) in [5.41, 5.74) is 2.27. The van der Waals surface area contributed by atoms with E-state index in [-0.39, 0.29) is 23.4 Å². The molecule has 0 amide bonds. The van der Waals surface area contributed by atoms with E-state index in [9.17, 15) is 4.79 Å². The van der Waals surface area contributed by atoms with Crippen LogP contribution in [0.1, 0.15) is 39.0 Å². The number of ether oxygens (including phenoxy) is 1. The van der Waals surface area contributed by atoms with Gasteiger partial charge in [0, 0.05) is 17.9 Å². The Hall–Kier alpha value is -1.05. The standard InChI is InChI=1S/C15H20O2/c1-9-5-4-6-15(9)8-12-11(3)14(16)17-13(12)7-10(15)2/h9,12-13H,2-8H2,1H3/t9-,12+,13+,15-/m0/s1. The second-order valence-corrected chi connectivity index (χ2v) is 6.04. The van der Waals surface area contributed by atoms with Gasteiger partial charge >= 0.3 is 5.97 Å². The molecule has 92 valence electrons. The number of hydrogen-bond donors (Lipinski definition) is 0. The Balaban J connectivity index is 1.93. The average Bonchev–Trinajstić information content (AvgIpc) is 2.76. The van der Waals surface area contributed by atoms with E-state index in [0.29, 0.717) is 11.5 Å². The maximum Gasteiger partial charge on any atom is 0.334 e. The van der Waals surface area contributed by atoms with Gasteiger partial charge in [0.15, 0.2) is 0 Å². The van der Waals surface area contributed by atoms with Crippen LogP contribution in [-0.4, -0.2) is 12.1 Å². The van der Waals surface area contributed by atoms with E-state index >= 15 is 0 Å². The largest absolute Gasteiger partial charge is 0.458 e. The zero-order chi connectivity index (χ0) is 12.2. The molecule has 0 aromatic carbocycles. The fourth-order valence-corrected chi connectivity index (χ4v) is 4.17. The minimum Gasteiger partial charge on any atom is -0.458 e. The number of rotatable bonds is 0. The van der Waals surface area contributed by atoms with E-state index in [1.807, 2.05) is 0 Å². The highest BCUT2D eigenvalue weighted by molar-refractivity contribution is 5.91. The number of fused-ring (bicyclic) bond motifs is 1. The topological polar surface area (TPSA) is 26.3 Å². The van der Waals surface area contributed by atoms with Crippen LogP contribution in [0.25, 0.3) is 0 Å². The number of carbonyl (C=O) groups excluding carboxylic acids is 1. The van der Waals surface area contributed by atoms with Crippen molar-refractivity contribution in [3.63, 3.8) is 0 Å². The summed E-state index contributed by atoms with van der Waals surface area (Å²) < 4.78 is 5.39. The molecular weight excluding hydrogens is 212 g/mol. The van der Waals surface area contributed by atoms with Crippen LogP contribution in [0.4, 0.5) is 0 Å². The molecule has 0 radical (unpaired) electrons. The molecule has 17 heavy (non-hydrogen) atoms. The highest BCUT2D eigenvalue weighted by atomic mass is 16.6. The monoisotopic (exact) mass is 232 g/mol. The molecule has 1 heterocycles. The lowest BCUT2D eigenvalue weighted by molar-refractivity contribution is -0.139. The van der Waals surface area contributed by atoms with E-state index in [4.69, 9.17) is 4.74 Å². The second kappa shape index (κ2) is 3.47. The number of carbonyl (C=O) groups is 1. The molecule has 2 saturated carbocycles. The summed E-state index contributed by atoms with van der Waals surface area (Å²) in [6.45, 7) is 10.5. The van der Waals surface area contributed by atoms with Crippen molar-refractivity contribution >= 4 is 5.97 Å². The molecule has 3 rings (SSSR count). The van der Waals surface area contributed by atoms with E-state index in [2.05, 4.69) is 20.1 Å². The van der Waals surface area contributed by atoms with Crippen LogP contribution in [0.2, 0.25) is 0 Å². The van der Waals surface area contributed by atoms with Gasteiger partial charge < -0.3 is 4.74 Å². The third kappa shape index (κ3) is 1.36. The first-order valence-corrected chi connectivity index (χ1v) is 6.62. The van der Waals surface area contributed by atoms with Gasteiger partial charge in [0.1, 0.15) is 6.10 Å². The molecule has 0 aromatic rings. The predicted octanol–water partition coefficient (Wildman–Crippen LogP) is 3.24. The van der Waals surface area contributed by atoms with Gasteiger partial charge in [0.2, 0.25) is 0 Å². The van der Waals surface area contributed by atoms with Crippen molar-refractivity contribution in [2.45, 2.75) is 45.1 Å². The van der Waals surface area contributed by atoms with Gasteiger partial charge in [0.05, 0.1) is 0 Å². The molecular formula is C15H20O2. The highest BCUT2D eigenvalue weighted by Crippen LogP contribution is 2.58. The summed E-state index contributed by atoms with van der Waals surface area (Å²) in [5, 5.41) is 0. The van der Waals surface area contributed by atoms with Crippen molar-refractivity contribution in [3.05, 3.63) is 24.3 Å². The zero-order valence-electron chi connectivity index (χ0n) is 10.5.